The highest BCUT2D eigenvalue weighted by Gasteiger charge is 2.40. The van der Waals surface area contributed by atoms with Crippen LogP contribution in [0.2, 0.25) is 0 Å². The van der Waals surface area contributed by atoms with E-state index in [-0.39, 0.29) is 47.1 Å². The van der Waals surface area contributed by atoms with E-state index >= 15 is 0 Å². The van der Waals surface area contributed by atoms with Crippen molar-refractivity contribution in [3.63, 3.8) is 0 Å². The molecule has 1 unspecified atom stereocenters. The number of rotatable bonds is 7. The number of carbonyl (C=O) groups excluding carboxylic acids is 2. The summed E-state index contributed by atoms with van der Waals surface area (Å²) >= 11 is 1.56. The van der Waals surface area contributed by atoms with Gasteiger partial charge in [-0.1, -0.05) is 57.2 Å². The summed E-state index contributed by atoms with van der Waals surface area (Å²) in [6, 6.07) is 21.7. The van der Waals surface area contributed by atoms with Gasteiger partial charge in [0.05, 0.1) is 29.5 Å². The lowest BCUT2D eigenvalue weighted by atomic mass is 9.86. The smallest absolute Gasteiger partial charge is 0.240 e. The summed E-state index contributed by atoms with van der Waals surface area (Å²) in [6.45, 7) is 8.45. The molecule has 3 aromatic carbocycles. The van der Waals surface area contributed by atoms with Gasteiger partial charge < -0.3 is 10.1 Å². The van der Waals surface area contributed by atoms with Crippen LogP contribution >= 0.6 is 11.8 Å². The summed E-state index contributed by atoms with van der Waals surface area (Å²) in [4.78, 5) is 28.7. The van der Waals surface area contributed by atoms with Crippen molar-refractivity contribution in [2.24, 2.45) is 0 Å². The fraction of sp³-hybridized carbons (Fsp3) is 0.303. The number of anilines is 1. The number of aryl methyl sites for hydroxylation is 1. The average Bonchev–Trinajstić information content (AvgIpc) is 3.31. The molecule has 1 aliphatic rings. The lowest BCUT2D eigenvalue weighted by Gasteiger charge is -2.25. The normalized spacial score (nSPS) is 15.2. The van der Waals surface area contributed by atoms with Crippen molar-refractivity contribution in [3.8, 4) is 11.4 Å². The molecular weight excluding hydrogens is 551 g/mol. The molecule has 0 bridgehead atoms. The van der Waals surface area contributed by atoms with Crippen LogP contribution in [0.1, 0.15) is 54.0 Å². The number of fused-ring (bicyclic) bond motifs is 1. The zero-order chi connectivity index (χ0) is 30.0. The van der Waals surface area contributed by atoms with Crippen molar-refractivity contribution in [1.82, 2.24) is 15.1 Å². The number of methoxy groups -OCH3 is 1. The minimum Gasteiger partial charge on any atom is -0.497 e. The van der Waals surface area contributed by atoms with Gasteiger partial charge in [-0.3, -0.25) is 14.5 Å². The maximum absolute atomic E-state index is 13.9. The molecule has 0 saturated heterocycles. The van der Waals surface area contributed by atoms with Gasteiger partial charge in [-0.05, 0) is 60.0 Å². The maximum Gasteiger partial charge on any atom is 0.240 e. The molecule has 0 fully saturated rings. The second-order valence-electron chi connectivity index (χ2n) is 11.4. The molecule has 0 radical (unpaired) electrons. The van der Waals surface area contributed by atoms with E-state index in [0.717, 1.165) is 33.6 Å². The predicted molar refractivity (Wildman–Crippen MR) is 165 cm³/mol. The van der Waals surface area contributed by atoms with Crippen molar-refractivity contribution in [2.45, 2.75) is 44.9 Å². The van der Waals surface area contributed by atoms with Gasteiger partial charge in [0.15, 0.2) is 0 Å². The molecule has 2 heterocycles. The summed E-state index contributed by atoms with van der Waals surface area (Å²) < 4.78 is 20.5. The van der Waals surface area contributed by atoms with E-state index in [0.29, 0.717) is 11.6 Å². The predicted octanol–water partition coefficient (Wildman–Crippen LogP) is 6.11. The number of ether oxygens (including phenoxy) is 1. The Morgan fingerprint density at radius 1 is 1.07 bits per heavy atom. The van der Waals surface area contributed by atoms with E-state index in [9.17, 15) is 14.0 Å². The highest BCUT2D eigenvalue weighted by Crippen LogP contribution is 2.49. The number of benzene rings is 3. The molecule has 1 aliphatic heterocycles. The SMILES string of the molecule is COc1ccc(-n2nc(C(C)(C)C)c3c2N(CC(=O)NCc2ccc(F)cc2)C(=O)CSC3c2ccccc2C)cc1. The molecule has 0 aliphatic carbocycles. The molecule has 7 nitrogen and oxygen atoms in total. The van der Waals surface area contributed by atoms with Crippen LogP contribution in [0.15, 0.2) is 72.8 Å². The molecule has 1 N–H and O–H groups in total. The number of nitrogens with zero attached hydrogens (tertiary/aromatic N) is 3. The molecule has 9 heteroatoms. The third-order valence-electron chi connectivity index (χ3n) is 7.29. The van der Waals surface area contributed by atoms with Crippen molar-refractivity contribution in [1.29, 1.82) is 0 Å². The Morgan fingerprint density at radius 3 is 2.40 bits per heavy atom. The van der Waals surface area contributed by atoms with Crippen LogP contribution in [-0.4, -0.2) is 41.0 Å². The van der Waals surface area contributed by atoms with E-state index in [1.54, 1.807) is 40.6 Å². The molecule has 0 saturated carbocycles. The minimum atomic E-state index is -0.354. The fourth-order valence-electron chi connectivity index (χ4n) is 5.11. The Kier molecular flexibility index (Phi) is 8.41. The summed E-state index contributed by atoms with van der Waals surface area (Å²) in [5.74, 6) is 0.655. The third kappa shape index (κ3) is 6.06. The van der Waals surface area contributed by atoms with Crippen LogP contribution < -0.4 is 15.0 Å². The summed E-state index contributed by atoms with van der Waals surface area (Å²) in [5, 5.41) is 7.86. The Balaban J connectivity index is 1.64. The zero-order valence-corrected chi connectivity index (χ0v) is 25.3. The summed E-state index contributed by atoms with van der Waals surface area (Å²) in [5.41, 5.74) is 5.18. The van der Waals surface area contributed by atoms with Gasteiger partial charge in [0.25, 0.3) is 0 Å². The number of hydrogen-bond acceptors (Lipinski definition) is 5. The quantitative estimate of drug-likeness (QED) is 0.283. The second kappa shape index (κ2) is 12.0. The highest BCUT2D eigenvalue weighted by molar-refractivity contribution is 8.00. The van der Waals surface area contributed by atoms with Crippen LogP contribution in [0.25, 0.3) is 5.69 Å². The van der Waals surface area contributed by atoms with Crippen LogP contribution in [0, 0.1) is 12.7 Å². The second-order valence-corrected chi connectivity index (χ2v) is 12.5. The topological polar surface area (TPSA) is 76.5 Å². The first-order valence-electron chi connectivity index (χ1n) is 13.8. The van der Waals surface area contributed by atoms with Crippen molar-refractivity contribution in [2.75, 3.05) is 24.3 Å². The Hall–Kier alpha value is -4.11. The molecule has 5 rings (SSSR count). The van der Waals surface area contributed by atoms with Crippen molar-refractivity contribution >= 4 is 29.4 Å². The number of carbonyl (C=O) groups is 2. The van der Waals surface area contributed by atoms with Crippen LogP contribution in [0.5, 0.6) is 5.75 Å². The molecule has 1 aromatic heterocycles. The number of aromatic nitrogens is 2. The van der Waals surface area contributed by atoms with E-state index in [4.69, 9.17) is 9.84 Å². The van der Waals surface area contributed by atoms with Crippen LogP contribution in [0.3, 0.4) is 0 Å². The summed E-state index contributed by atoms with van der Waals surface area (Å²) in [6.07, 6.45) is 0. The highest BCUT2D eigenvalue weighted by atomic mass is 32.2. The summed E-state index contributed by atoms with van der Waals surface area (Å²) in [7, 11) is 1.61. The van der Waals surface area contributed by atoms with E-state index in [2.05, 4.69) is 45.1 Å². The molecule has 42 heavy (non-hydrogen) atoms. The van der Waals surface area contributed by atoms with Gasteiger partial charge in [0, 0.05) is 17.5 Å². The van der Waals surface area contributed by atoms with Gasteiger partial charge in [-0.25, -0.2) is 9.07 Å². The first-order valence-corrected chi connectivity index (χ1v) is 14.9. The number of halogens is 1. The van der Waals surface area contributed by atoms with Crippen molar-refractivity contribution < 1.29 is 18.7 Å². The third-order valence-corrected chi connectivity index (χ3v) is 8.53. The van der Waals surface area contributed by atoms with Gasteiger partial charge in [0.2, 0.25) is 11.8 Å². The van der Waals surface area contributed by atoms with Gasteiger partial charge >= 0.3 is 0 Å². The van der Waals surface area contributed by atoms with Crippen LogP contribution in [0.4, 0.5) is 10.2 Å². The Labute approximate surface area is 250 Å². The van der Waals surface area contributed by atoms with E-state index < -0.39 is 0 Å². The first-order chi connectivity index (χ1) is 20.1. The molecule has 0 spiro atoms. The van der Waals surface area contributed by atoms with E-state index in [1.165, 1.54) is 12.1 Å². The molecule has 1 atom stereocenters. The molecule has 4 aromatic rings. The number of hydrogen-bond donors (Lipinski definition) is 1. The monoisotopic (exact) mass is 586 g/mol. The first kappa shape index (κ1) is 29.4. The molecule has 218 valence electrons. The number of amides is 2. The minimum absolute atomic E-state index is 0.168. The lowest BCUT2D eigenvalue weighted by molar-refractivity contribution is -0.123. The lowest BCUT2D eigenvalue weighted by Crippen LogP contribution is -2.42. The van der Waals surface area contributed by atoms with Gasteiger partial charge in [0.1, 0.15) is 23.9 Å². The fourth-order valence-corrected chi connectivity index (χ4v) is 6.40. The van der Waals surface area contributed by atoms with Gasteiger partial charge in [-0.2, -0.15) is 5.10 Å². The van der Waals surface area contributed by atoms with Gasteiger partial charge in [-0.15, -0.1) is 11.8 Å². The Bertz CT molecular complexity index is 1590. The number of nitrogens with one attached hydrogen (secondary N) is 1. The maximum atomic E-state index is 13.9. The van der Waals surface area contributed by atoms with Crippen molar-refractivity contribution in [3.05, 3.63) is 107 Å². The Morgan fingerprint density at radius 2 is 1.76 bits per heavy atom. The average molecular weight is 587 g/mol. The zero-order valence-electron chi connectivity index (χ0n) is 24.5. The standard InChI is InChI=1S/C33H35FN4O3S/c1-21-8-6-7-9-26(21)30-29-31(33(2,3)4)36-38(24-14-16-25(41-5)17-15-24)32(29)37(28(40)20-42-30)19-27(39)35-18-22-10-12-23(34)13-11-22/h6-17,30H,18-20H2,1-5H3,(H,35,39). The number of thioether (sulfide) groups is 1. The molecule has 2 amide bonds. The largest absolute Gasteiger partial charge is 0.497 e. The van der Waals surface area contributed by atoms with E-state index in [1.807, 2.05) is 36.4 Å². The molecular formula is C33H35FN4O3S. The van der Waals surface area contributed by atoms with Crippen LogP contribution in [-0.2, 0) is 21.5 Å².